The number of aliphatic hydroxyl groups is 3. The first-order valence-corrected chi connectivity index (χ1v) is 5.15. The van der Waals surface area contributed by atoms with Gasteiger partial charge in [-0.05, 0) is 6.42 Å². The molecule has 2 unspecified atom stereocenters. The van der Waals surface area contributed by atoms with Crippen LogP contribution in [0.1, 0.15) is 6.42 Å². The van der Waals surface area contributed by atoms with Crippen LogP contribution < -0.4 is 0 Å². The molecule has 0 spiro atoms. The molecule has 14 heavy (non-hydrogen) atoms. The van der Waals surface area contributed by atoms with Crippen molar-refractivity contribution in [2.75, 3.05) is 6.61 Å². The van der Waals surface area contributed by atoms with Crippen LogP contribution in [0.3, 0.4) is 0 Å². The summed E-state index contributed by atoms with van der Waals surface area (Å²) in [5, 5.41) is 25.8. The summed E-state index contributed by atoms with van der Waals surface area (Å²) in [6.07, 6.45) is -0.124. The lowest BCUT2D eigenvalue weighted by atomic mass is 10.1. The minimum absolute atomic E-state index is 0.307. The molecule has 0 aromatic heterocycles. The molecule has 2 atom stereocenters. The molecule has 6 N–H and O–H groups in total. The molecule has 0 radical (unpaired) electrons. The summed E-state index contributed by atoms with van der Waals surface area (Å²) in [7, 11) is -4.64. The highest BCUT2D eigenvalue weighted by atomic mass is 31.2. The lowest BCUT2D eigenvalue weighted by molar-refractivity contribution is -0.0119. The van der Waals surface area contributed by atoms with Gasteiger partial charge in [0.2, 0.25) is 0 Å². The van der Waals surface area contributed by atoms with E-state index in [1.54, 1.807) is 0 Å². The lowest BCUT2D eigenvalue weighted by Crippen LogP contribution is -2.28. The third-order valence-corrected chi connectivity index (χ3v) is 1.04. The molecule has 0 aromatic carbocycles. The van der Waals surface area contributed by atoms with Crippen LogP contribution in [0.2, 0.25) is 0 Å². The molecule has 0 aromatic rings. The molecule has 0 rings (SSSR count). The number of rotatable bonds is 4. The first-order valence-electron chi connectivity index (χ1n) is 3.58. The van der Waals surface area contributed by atoms with Gasteiger partial charge in [0.05, 0.1) is 12.7 Å². The second kappa shape index (κ2) is 8.07. The Labute approximate surface area is 81.2 Å². The van der Waals surface area contributed by atoms with Crippen molar-refractivity contribution in [2.45, 2.75) is 18.6 Å². The molecular weight excluding hydrogens is 215 g/mol. The van der Waals surface area contributed by atoms with Crippen LogP contribution in [-0.4, -0.2) is 48.8 Å². The maximum absolute atomic E-state index is 8.88. The molecule has 0 amide bonds. The molecule has 0 saturated heterocycles. The quantitative estimate of drug-likeness (QED) is 0.251. The van der Waals surface area contributed by atoms with E-state index in [0.29, 0.717) is 6.42 Å². The maximum atomic E-state index is 8.88. The topological polar surface area (TPSA) is 138 Å². The van der Waals surface area contributed by atoms with Crippen LogP contribution >= 0.6 is 7.82 Å². The second-order valence-corrected chi connectivity index (χ2v) is 3.38. The van der Waals surface area contributed by atoms with E-state index in [1.165, 1.54) is 6.08 Å². The van der Waals surface area contributed by atoms with Gasteiger partial charge in [0.15, 0.2) is 0 Å². The van der Waals surface area contributed by atoms with Gasteiger partial charge in [-0.2, -0.15) is 0 Å². The van der Waals surface area contributed by atoms with Crippen LogP contribution in [0.5, 0.6) is 0 Å². The molecule has 0 heterocycles. The van der Waals surface area contributed by atoms with E-state index in [2.05, 4.69) is 6.58 Å². The third-order valence-electron chi connectivity index (χ3n) is 1.04. The highest BCUT2D eigenvalue weighted by Crippen LogP contribution is 2.25. The summed E-state index contributed by atoms with van der Waals surface area (Å²) in [5.41, 5.74) is 0. The van der Waals surface area contributed by atoms with Gasteiger partial charge in [-0.1, -0.05) is 6.08 Å². The first kappa shape index (κ1) is 16.2. The highest BCUT2D eigenvalue weighted by Gasteiger charge is 2.11. The van der Waals surface area contributed by atoms with Gasteiger partial charge in [0.1, 0.15) is 6.10 Å². The molecule has 0 aliphatic rings. The van der Waals surface area contributed by atoms with Crippen molar-refractivity contribution in [2.24, 2.45) is 0 Å². The normalized spacial score (nSPS) is 15.0. The highest BCUT2D eigenvalue weighted by molar-refractivity contribution is 7.45. The fourth-order valence-corrected chi connectivity index (χ4v) is 0.450. The number of aliphatic hydroxyl groups excluding tert-OH is 3. The van der Waals surface area contributed by atoms with Gasteiger partial charge in [-0.15, -0.1) is 6.58 Å². The van der Waals surface area contributed by atoms with Gasteiger partial charge in [0, 0.05) is 0 Å². The van der Waals surface area contributed by atoms with Crippen molar-refractivity contribution in [1.29, 1.82) is 0 Å². The fraction of sp³-hybridized carbons (Fsp3) is 0.667. The first-order chi connectivity index (χ1) is 6.22. The Morgan fingerprint density at radius 2 is 1.57 bits per heavy atom. The molecule has 0 aliphatic carbocycles. The van der Waals surface area contributed by atoms with Gasteiger partial charge < -0.3 is 30.0 Å². The van der Waals surface area contributed by atoms with Gasteiger partial charge in [0.25, 0.3) is 0 Å². The van der Waals surface area contributed by atoms with Crippen LogP contribution in [0.15, 0.2) is 12.7 Å². The Bertz CT molecular complexity index is 180. The SMILES string of the molecule is C=CCC(O)C(O)CO.O=P(O)(O)O. The van der Waals surface area contributed by atoms with E-state index in [1.807, 2.05) is 0 Å². The lowest BCUT2D eigenvalue weighted by Gasteiger charge is -2.12. The van der Waals surface area contributed by atoms with Gasteiger partial charge in [-0.3, -0.25) is 0 Å². The summed E-state index contributed by atoms with van der Waals surface area (Å²) in [4.78, 5) is 21.6. The summed E-state index contributed by atoms with van der Waals surface area (Å²) in [6, 6.07) is 0. The fourth-order valence-electron chi connectivity index (χ4n) is 0.450. The van der Waals surface area contributed by atoms with Crippen molar-refractivity contribution in [1.82, 2.24) is 0 Å². The average Bonchev–Trinajstić information content (AvgIpc) is 2.00. The Morgan fingerprint density at radius 3 is 1.79 bits per heavy atom. The second-order valence-electron chi connectivity index (χ2n) is 2.35. The molecule has 7 nitrogen and oxygen atoms in total. The monoisotopic (exact) mass is 230 g/mol. The number of hydrogen-bond acceptors (Lipinski definition) is 4. The van der Waals surface area contributed by atoms with Crippen molar-refractivity contribution in [3.63, 3.8) is 0 Å². The predicted octanol–water partition coefficient (Wildman–Crippen LogP) is -1.65. The van der Waals surface area contributed by atoms with Crippen LogP contribution in [0, 0.1) is 0 Å². The Balaban J connectivity index is 0. The minimum Gasteiger partial charge on any atom is -0.394 e. The van der Waals surface area contributed by atoms with Crippen molar-refractivity contribution < 1.29 is 34.6 Å². The zero-order valence-corrected chi connectivity index (χ0v) is 8.29. The number of phosphoric acid groups is 1. The summed E-state index contributed by atoms with van der Waals surface area (Å²) in [6.45, 7) is 2.96. The van der Waals surface area contributed by atoms with Crippen LogP contribution in [0.4, 0.5) is 0 Å². The van der Waals surface area contributed by atoms with E-state index < -0.39 is 26.6 Å². The largest absolute Gasteiger partial charge is 0.466 e. The average molecular weight is 230 g/mol. The smallest absolute Gasteiger partial charge is 0.394 e. The van der Waals surface area contributed by atoms with Crippen molar-refractivity contribution in [3.05, 3.63) is 12.7 Å². The number of hydrogen-bond donors (Lipinski definition) is 6. The van der Waals surface area contributed by atoms with E-state index in [4.69, 9.17) is 34.6 Å². The zero-order chi connectivity index (χ0) is 11.8. The standard InChI is InChI=1S/C6H12O3.H3O4P/c1-2-3-5(8)6(9)4-7;1-5(2,3)4/h2,5-9H,1,3-4H2;(H3,1,2,3,4). The van der Waals surface area contributed by atoms with Gasteiger partial charge >= 0.3 is 7.82 Å². The summed E-state index contributed by atoms with van der Waals surface area (Å²) >= 11 is 0. The van der Waals surface area contributed by atoms with Crippen LogP contribution in [-0.2, 0) is 4.57 Å². The predicted molar refractivity (Wildman–Crippen MR) is 48.2 cm³/mol. The Kier molecular flexibility index (Phi) is 9.32. The maximum Gasteiger partial charge on any atom is 0.466 e. The van der Waals surface area contributed by atoms with E-state index >= 15 is 0 Å². The minimum atomic E-state index is -4.64. The zero-order valence-electron chi connectivity index (χ0n) is 7.39. The molecule has 0 bridgehead atoms. The molecular formula is C6H15O7P. The van der Waals surface area contributed by atoms with Crippen LogP contribution in [0.25, 0.3) is 0 Å². The molecule has 0 fully saturated rings. The molecule has 0 aliphatic heterocycles. The van der Waals surface area contributed by atoms with E-state index in [9.17, 15) is 0 Å². The van der Waals surface area contributed by atoms with E-state index in [-0.39, 0.29) is 0 Å². The Morgan fingerprint density at radius 1 is 1.21 bits per heavy atom. The van der Waals surface area contributed by atoms with Crippen molar-refractivity contribution in [3.8, 4) is 0 Å². The summed E-state index contributed by atoms with van der Waals surface area (Å²) in [5.74, 6) is 0. The molecule has 0 saturated carbocycles. The third kappa shape index (κ3) is 17.7. The van der Waals surface area contributed by atoms with E-state index in [0.717, 1.165) is 0 Å². The molecule has 86 valence electrons. The molecule has 8 heteroatoms. The van der Waals surface area contributed by atoms with Crippen molar-refractivity contribution >= 4 is 7.82 Å². The Hall–Kier alpha value is -0.270. The van der Waals surface area contributed by atoms with Gasteiger partial charge in [-0.25, -0.2) is 4.57 Å². The summed E-state index contributed by atoms with van der Waals surface area (Å²) < 4.78 is 8.88.